The van der Waals surface area contributed by atoms with Crippen LogP contribution in [0, 0.1) is 0 Å². The lowest BCUT2D eigenvalue weighted by Gasteiger charge is -2.21. The SMILES string of the molecule is C[C@H](NC(=O)[C@H](CCC(N)=O)NC(=O)[C@@H](N)Cc1ccc(O)cc1)C(=O)O. The van der Waals surface area contributed by atoms with Crippen molar-refractivity contribution in [1.82, 2.24) is 10.6 Å². The first-order valence-corrected chi connectivity index (χ1v) is 8.25. The minimum atomic E-state index is -1.24. The quantitative estimate of drug-likeness (QED) is 0.288. The van der Waals surface area contributed by atoms with Crippen LogP contribution in [0.15, 0.2) is 24.3 Å². The number of nitrogens with two attached hydrogens (primary N) is 2. The summed E-state index contributed by atoms with van der Waals surface area (Å²) in [5.74, 6) is -3.23. The number of carboxylic acid groups (broad SMARTS) is 1. The summed E-state index contributed by atoms with van der Waals surface area (Å²) in [6, 6.07) is 2.80. The van der Waals surface area contributed by atoms with Crippen LogP contribution in [0.5, 0.6) is 5.75 Å². The van der Waals surface area contributed by atoms with Crippen LogP contribution >= 0.6 is 0 Å². The number of amides is 3. The fraction of sp³-hybridized carbons (Fsp3) is 0.412. The highest BCUT2D eigenvalue weighted by atomic mass is 16.4. The molecule has 8 N–H and O–H groups in total. The Bertz CT molecular complexity index is 691. The average molecular weight is 380 g/mol. The lowest BCUT2D eigenvalue weighted by Crippen LogP contribution is -2.54. The van der Waals surface area contributed by atoms with Crippen molar-refractivity contribution in [1.29, 1.82) is 0 Å². The van der Waals surface area contributed by atoms with Gasteiger partial charge < -0.3 is 32.3 Å². The molecule has 0 spiro atoms. The number of carboxylic acids is 1. The Morgan fingerprint density at radius 3 is 2.19 bits per heavy atom. The zero-order valence-electron chi connectivity index (χ0n) is 14.8. The molecule has 3 atom stereocenters. The summed E-state index contributed by atoms with van der Waals surface area (Å²) < 4.78 is 0. The summed E-state index contributed by atoms with van der Waals surface area (Å²) in [5.41, 5.74) is 11.6. The van der Waals surface area contributed by atoms with Crippen molar-refractivity contribution >= 4 is 23.7 Å². The zero-order valence-corrected chi connectivity index (χ0v) is 14.8. The maximum atomic E-state index is 12.3. The Balaban J connectivity index is 2.74. The van der Waals surface area contributed by atoms with Gasteiger partial charge in [-0.15, -0.1) is 0 Å². The molecular weight excluding hydrogens is 356 g/mol. The van der Waals surface area contributed by atoms with Crippen molar-refractivity contribution in [3.63, 3.8) is 0 Å². The summed E-state index contributed by atoms with van der Waals surface area (Å²) in [5, 5.41) is 22.8. The van der Waals surface area contributed by atoms with Crippen LogP contribution in [0.1, 0.15) is 25.3 Å². The summed E-state index contributed by atoms with van der Waals surface area (Å²) in [6.45, 7) is 1.27. The molecule has 0 saturated heterocycles. The number of benzene rings is 1. The molecule has 0 aliphatic heterocycles. The van der Waals surface area contributed by atoms with Gasteiger partial charge in [-0.05, 0) is 37.5 Å². The number of aromatic hydroxyl groups is 1. The van der Waals surface area contributed by atoms with Crippen molar-refractivity contribution in [2.45, 2.75) is 44.3 Å². The molecule has 0 heterocycles. The first-order chi connectivity index (χ1) is 12.6. The van der Waals surface area contributed by atoms with Gasteiger partial charge in [0.1, 0.15) is 17.8 Å². The Morgan fingerprint density at radius 2 is 1.67 bits per heavy atom. The number of rotatable bonds is 10. The van der Waals surface area contributed by atoms with Gasteiger partial charge in [0, 0.05) is 6.42 Å². The van der Waals surface area contributed by atoms with E-state index in [9.17, 15) is 24.3 Å². The van der Waals surface area contributed by atoms with Gasteiger partial charge in [-0.2, -0.15) is 0 Å². The third-order valence-electron chi connectivity index (χ3n) is 3.77. The van der Waals surface area contributed by atoms with E-state index in [-0.39, 0.29) is 25.0 Å². The number of hydrogen-bond donors (Lipinski definition) is 6. The molecule has 0 aliphatic carbocycles. The summed E-state index contributed by atoms with van der Waals surface area (Å²) in [6.07, 6.45) is -0.111. The smallest absolute Gasteiger partial charge is 0.325 e. The predicted molar refractivity (Wildman–Crippen MR) is 95.4 cm³/mol. The maximum absolute atomic E-state index is 12.3. The first kappa shape index (κ1) is 21.9. The van der Waals surface area contributed by atoms with Crippen LogP contribution in [0.2, 0.25) is 0 Å². The third kappa shape index (κ3) is 7.74. The molecule has 0 fully saturated rings. The van der Waals surface area contributed by atoms with E-state index in [0.29, 0.717) is 5.56 Å². The second-order valence-electron chi connectivity index (χ2n) is 6.11. The van der Waals surface area contributed by atoms with Crippen LogP contribution in [0.4, 0.5) is 0 Å². The average Bonchev–Trinajstić information content (AvgIpc) is 2.59. The molecule has 10 heteroatoms. The summed E-state index contributed by atoms with van der Waals surface area (Å²) in [4.78, 5) is 46.4. The second kappa shape index (κ2) is 10.1. The number of carbonyl (C=O) groups is 4. The molecule has 0 aliphatic rings. The molecule has 1 rings (SSSR count). The van der Waals surface area contributed by atoms with Crippen LogP contribution in [-0.4, -0.2) is 52.0 Å². The van der Waals surface area contributed by atoms with Gasteiger partial charge in [0.2, 0.25) is 17.7 Å². The standard InChI is InChI=1S/C17H24N4O6/c1-9(17(26)27)20-16(25)13(6-7-14(19)23)21-15(24)12(18)8-10-2-4-11(22)5-3-10/h2-5,9,12-13,22H,6-8,18H2,1H3,(H2,19,23)(H,20,25)(H,21,24)(H,26,27)/t9-,12-,13-/m0/s1. The van der Waals surface area contributed by atoms with Gasteiger partial charge in [-0.3, -0.25) is 19.2 Å². The predicted octanol–water partition coefficient (Wildman–Crippen LogP) is -1.40. The molecule has 0 bridgehead atoms. The van der Waals surface area contributed by atoms with Gasteiger partial charge in [-0.25, -0.2) is 0 Å². The zero-order chi connectivity index (χ0) is 20.6. The first-order valence-electron chi connectivity index (χ1n) is 8.25. The minimum absolute atomic E-state index is 0.0764. The molecular formula is C17H24N4O6. The Hall–Kier alpha value is -3.14. The van der Waals surface area contributed by atoms with E-state index < -0.39 is 41.8 Å². The van der Waals surface area contributed by atoms with E-state index in [0.717, 1.165) is 0 Å². The van der Waals surface area contributed by atoms with Crippen LogP contribution in [0.25, 0.3) is 0 Å². The largest absolute Gasteiger partial charge is 0.508 e. The number of aliphatic carboxylic acids is 1. The normalized spacial score (nSPS) is 13.9. The topological polar surface area (TPSA) is 185 Å². The number of phenols is 1. The molecule has 0 radical (unpaired) electrons. The lowest BCUT2D eigenvalue weighted by atomic mass is 10.0. The highest BCUT2D eigenvalue weighted by molar-refractivity contribution is 5.92. The van der Waals surface area contributed by atoms with Crippen LogP contribution < -0.4 is 22.1 Å². The molecule has 0 saturated carbocycles. The highest BCUT2D eigenvalue weighted by Gasteiger charge is 2.26. The number of primary amides is 1. The number of hydrogen-bond acceptors (Lipinski definition) is 6. The Labute approximate surface area is 155 Å². The van der Waals surface area contributed by atoms with Crippen molar-refractivity contribution < 1.29 is 29.4 Å². The second-order valence-corrected chi connectivity index (χ2v) is 6.11. The van der Waals surface area contributed by atoms with Gasteiger partial charge >= 0.3 is 5.97 Å². The van der Waals surface area contributed by atoms with Gasteiger partial charge in [0.25, 0.3) is 0 Å². The molecule has 1 aromatic rings. The van der Waals surface area contributed by atoms with E-state index in [1.165, 1.54) is 19.1 Å². The molecule has 27 heavy (non-hydrogen) atoms. The molecule has 148 valence electrons. The van der Waals surface area contributed by atoms with E-state index >= 15 is 0 Å². The fourth-order valence-electron chi connectivity index (χ4n) is 2.19. The van der Waals surface area contributed by atoms with Crippen molar-refractivity contribution in [3.8, 4) is 5.75 Å². The number of phenolic OH excluding ortho intramolecular Hbond substituents is 1. The van der Waals surface area contributed by atoms with Crippen molar-refractivity contribution in [2.75, 3.05) is 0 Å². The van der Waals surface area contributed by atoms with Crippen LogP contribution in [-0.2, 0) is 25.6 Å². The van der Waals surface area contributed by atoms with E-state index in [1.807, 2.05) is 0 Å². The van der Waals surface area contributed by atoms with Crippen LogP contribution in [0.3, 0.4) is 0 Å². The highest BCUT2D eigenvalue weighted by Crippen LogP contribution is 2.11. The monoisotopic (exact) mass is 380 g/mol. The Morgan fingerprint density at radius 1 is 1.07 bits per heavy atom. The molecule has 0 unspecified atom stereocenters. The number of carbonyl (C=O) groups excluding carboxylic acids is 3. The van der Waals surface area contributed by atoms with E-state index in [2.05, 4.69) is 10.6 Å². The van der Waals surface area contributed by atoms with Crippen molar-refractivity contribution in [3.05, 3.63) is 29.8 Å². The van der Waals surface area contributed by atoms with Gasteiger partial charge in [0.15, 0.2) is 0 Å². The minimum Gasteiger partial charge on any atom is -0.508 e. The molecule has 3 amide bonds. The molecule has 1 aromatic carbocycles. The van der Waals surface area contributed by atoms with E-state index in [4.69, 9.17) is 16.6 Å². The Kier molecular flexibility index (Phi) is 8.21. The lowest BCUT2D eigenvalue weighted by molar-refractivity contribution is -0.141. The van der Waals surface area contributed by atoms with E-state index in [1.54, 1.807) is 12.1 Å². The summed E-state index contributed by atoms with van der Waals surface area (Å²) in [7, 11) is 0. The molecule has 0 aromatic heterocycles. The van der Waals surface area contributed by atoms with Crippen molar-refractivity contribution in [2.24, 2.45) is 11.5 Å². The third-order valence-corrected chi connectivity index (χ3v) is 3.77. The fourth-order valence-corrected chi connectivity index (χ4v) is 2.19. The number of nitrogens with one attached hydrogen (secondary N) is 2. The maximum Gasteiger partial charge on any atom is 0.325 e. The van der Waals surface area contributed by atoms with Gasteiger partial charge in [-0.1, -0.05) is 12.1 Å². The van der Waals surface area contributed by atoms with Gasteiger partial charge in [0.05, 0.1) is 6.04 Å². The summed E-state index contributed by atoms with van der Waals surface area (Å²) >= 11 is 0. The molecule has 10 nitrogen and oxygen atoms in total.